The van der Waals surface area contributed by atoms with Crippen LogP contribution >= 0.6 is 0 Å². The minimum absolute atomic E-state index is 0.170. The highest BCUT2D eigenvalue weighted by molar-refractivity contribution is 6.02. The fraction of sp³-hybridized carbons (Fsp3) is 0.833. The topological polar surface area (TPSA) is 67.9 Å². The zero-order valence-electron chi connectivity index (χ0n) is 11.3. The maximum atomic E-state index is 12.0. The maximum Gasteiger partial charge on any atom is 0.248 e. The van der Waals surface area contributed by atoms with Gasteiger partial charge in [0, 0.05) is 20.3 Å². The molecule has 0 aromatic heterocycles. The summed E-state index contributed by atoms with van der Waals surface area (Å²) in [7, 11) is 1.61. The molecule has 1 aliphatic rings. The van der Waals surface area contributed by atoms with E-state index in [4.69, 9.17) is 9.47 Å². The molecule has 0 aromatic carbocycles. The largest absolute Gasteiger partial charge is 0.382 e. The summed E-state index contributed by atoms with van der Waals surface area (Å²) in [5.74, 6) is -0.341. The predicted octanol–water partition coefficient (Wildman–Crippen LogP) is -0.223. The molecule has 0 radical (unpaired) electrons. The van der Waals surface area contributed by atoms with Crippen LogP contribution in [0.3, 0.4) is 0 Å². The number of hydrogen-bond acceptors (Lipinski definition) is 5. The third-order valence-electron chi connectivity index (χ3n) is 2.86. The Morgan fingerprint density at radius 3 is 2.67 bits per heavy atom. The molecule has 1 aliphatic heterocycles. The van der Waals surface area contributed by atoms with Crippen LogP contribution < -0.4 is 5.32 Å². The summed E-state index contributed by atoms with van der Waals surface area (Å²) in [5.41, 5.74) is -0.662. The highest BCUT2D eigenvalue weighted by Gasteiger charge is 2.39. The van der Waals surface area contributed by atoms with E-state index < -0.39 is 5.54 Å². The summed E-state index contributed by atoms with van der Waals surface area (Å²) in [6.07, 6.45) is 0.650. The van der Waals surface area contributed by atoms with E-state index in [0.29, 0.717) is 32.8 Å². The average Bonchev–Trinajstić information content (AvgIpc) is 2.33. The van der Waals surface area contributed by atoms with E-state index >= 15 is 0 Å². The summed E-state index contributed by atoms with van der Waals surface area (Å²) < 4.78 is 10.1. The van der Waals surface area contributed by atoms with Gasteiger partial charge in [0.25, 0.3) is 0 Å². The van der Waals surface area contributed by atoms with E-state index in [-0.39, 0.29) is 18.4 Å². The third-order valence-corrected chi connectivity index (χ3v) is 2.86. The van der Waals surface area contributed by atoms with E-state index in [1.807, 2.05) is 0 Å². The van der Waals surface area contributed by atoms with Crippen LogP contribution in [0, 0.1) is 0 Å². The number of methoxy groups -OCH3 is 1. The number of ether oxygens (including phenoxy) is 2. The van der Waals surface area contributed by atoms with Gasteiger partial charge in [0.1, 0.15) is 0 Å². The summed E-state index contributed by atoms with van der Waals surface area (Å²) in [4.78, 5) is 25.0. The van der Waals surface area contributed by atoms with E-state index in [0.717, 1.165) is 0 Å². The molecule has 0 unspecified atom stereocenters. The number of nitrogens with one attached hydrogen (secondary N) is 1. The average molecular weight is 258 g/mol. The first-order valence-electron chi connectivity index (χ1n) is 6.15. The summed E-state index contributed by atoms with van der Waals surface area (Å²) in [6, 6.07) is 0. The maximum absolute atomic E-state index is 12.0. The zero-order valence-corrected chi connectivity index (χ0v) is 11.3. The van der Waals surface area contributed by atoms with Crippen molar-refractivity contribution in [3.05, 3.63) is 0 Å². The quantitative estimate of drug-likeness (QED) is 0.505. The fourth-order valence-corrected chi connectivity index (χ4v) is 1.71. The van der Waals surface area contributed by atoms with Gasteiger partial charge in [0.15, 0.2) is 0 Å². The number of piperazine rings is 1. The Hall–Kier alpha value is -0.980. The molecule has 1 saturated heterocycles. The number of rotatable bonds is 7. The van der Waals surface area contributed by atoms with Gasteiger partial charge in [-0.25, -0.2) is 0 Å². The Balaban J connectivity index is 2.31. The molecule has 1 N–H and O–H groups in total. The van der Waals surface area contributed by atoms with Gasteiger partial charge in [-0.1, -0.05) is 0 Å². The first-order valence-corrected chi connectivity index (χ1v) is 6.15. The second kappa shape index (κ2) is 6.82. The standard InChI is InChI=1S/C12H22N2O4/c1-12(2)11(16)14(10(15)9-13-12)5-4-6-18-8-7-17-3/h13H,4-9H2,1-3H3. The molecule has 0 bridgehead atoms. The van der Waals surface area contributed by atoms with Crippen molar-refractivity contribution >= 4 is 11.8 Å². The molecule has 6 nitrogen and oxygen atoms in total. The molecule has 0 atom stereocenters. The van der Waals surface area contributed by atoms with E-state index in [9.17, 15) is 9.59 Å². The number of amides is 2. The van der Waals surface area contributed by atoms with Crippen LogP contribution in [0.5, 0.6) is 0 Å². The first kappa shape index (κ1) is 15.1. The Bertz CT molecular complexity index is 304. The normalized spacial score (nSPS) is 19.4. The number of carbonyl (C=O) groups excluding carboxylic acids is 2. The number of nitrogens with zero attached hydrogens (tertiary/aromatic N) is 1. The Kier molecular flexibility index (Phi) is 5.71. The van der Waals surface area contributed by atoms with Crippen LogP contribution in [-0.2, 0) is 19.1 Å². The van der Waals surface area contributed by atoms with Gasteiger partial charge in [-0.15, -0.1) is 0 Å². The molecule has 0 aliphatic carbocycles. The number of imide groups is 1. The lowest BCUT2D eigenvalue weighted by atomic mass is 10.0. The second-order valence-corrected chi connectivity index (χ2v) is 4.79. The summed E-state index contributed by atoms with van der Waals surface area (Å²) in [6.45, 7) is 5.80. The molecule has 18 heavy (non-hydrogen) atoms. The smallest absolute Gasteiger partial charge is 0.248 e. The van der Waals surface area contributed by atoms with E-state index in [1.54, 1.807) is 21.0 Å². The Morgan fingerprint density at radius 2 is 2.00 bits per heavy atom. The van der Waals surface area contributed by atoms with Crippen molar-refractivity contribution in [2.45, 2.75) is 25.8 Å². The lowest BCUT2D eigenvalue weighted by Crippen LogP contribution is -2.63. The van der Waals surface area contributed by atoms with Gasteiger partial charge in [-0.3, -0.25) is 19.8 Å². The van der Waals surface area contributed by atoms with Gasteiger partial charge in [-0.05, 0) is 20.3 Å². The van der Waals surface area contributed by atoms with Crippen LogP contribution in [0.2, 0.25) is 0 Å². The minimum atomic E-state index is -0.662. The van der Waals surface area contributed by atoms with Crippen LogP contribution in [0.15, 0.2) is 0 Å². The minimum Gasteiger partial charge on any atom is -0.382 e. The molecular formula is C12H22N2O4. The molecular weight excluding hydrogens is 236 g/mol. The van der Waals surface area contributed by atoms with Crippen LogP contribution in [0.1, 0.15) is 20.3 Å². The number of hydrogen-bond donors (Lipinski definition) is 1. The monoisotopic (exact) mass is 258 g/mol. The highest BCUT2D eigenvalue weighted by Crippen LogP contribution is 2.13. The Morgan fingerprint density at radius 1 is 1.28 bits per heavy atom. The molecule has 104 valence electrons. The fourth-order valence-electron chi connectivity index (χ4n) is 1.71. The van der Waals surface area contributed by atoms with Gasteiger partial charge in [0.05, 0.1) is 25.3 Å². The van der Waals surface area contributed by atoms with Gasteiger partial charge < -0.3 is 9.47 Å². The molecule has 1 rings (SSSR count). The highest BCUT2D eigenvalue weighted by atomic mass is 16.5. The van der Waals surface area contributed by atoms with Gasteiger partial charge in [0.2, 0.25) is 11.8 Å². The summed E-state index contributed by atoms with van der Waals surface area (Å²) >= 11 is 0. The molecule has 1 heterocycles. The van der Waals surface area contributed by atoms with Crippen LogP contribution in [-0.4, -0.2) is 62.3 Å². The van der Waals surface area contributed by atoms with Crippen molar-refractivity contribution in [1.29, 1.82) is 0 Å². The lowest BCUT2D eigenvalue weighted by Gasteiger charge is -2.36. The zero-order chi connectivity index (χ0) is 13.6. The molecule has 0 aromatic rings. The molecule has 6 heteroatoms. The van der Waals surface area contributed by atoms with Crippen molar-refractivity contribution in [2.75, 3.05) is 40.0 Å². The molecule has 0 spiro atoms. The van der Waals surface area contributed by atoms with Gasteiger partial charge in [-0.2, -0.15) is 0 Å². The molecule has 0 saturated carbocycles. The van der Waals surface area contributed by atoms with Crippen molar-refractivity contribution in [3.63, 3.8) is 0 Å². The SMILES string of the molecule is COCCOCCCN1C(=O)CNC(C)(C)C1=O. The summed E-state index contributed by atoms with van der Waals surface area (Å²) in [5, 5.41) is 2.92. The van der Waals surface area contributed by atoms with E-state index in [2.05, 4.69) is 5.32 Å². The lowest BCUT2D eigenvalue weighted by molar-refractivity contribution is -0.152. The third kappa shape index (κ3) is 4.04. The Labute approximate surface area is 108 Å². The van der Waals surface area contributed by atoms with Crippen LogP contribution in [0.4, 0.5) is 0 Å². The molecule has 2 amide bonds. The van der Waals surface area contributed by atoms with Crippen molar-refractivity contribution in [1.82, 2.24) is 10.2 Å². The second-order valence-electron chi connectivity index (χ2n) is 4.79. The molecule has 1 fully saturated rings. The van der Waals surface area contributed by atoms with E-state index in [1.165, 1.54) is 4.90 Å². The first-order chi connectivity index (χ1) is 8.49. The van der Waals surface area contributed by atoms with Crippen molar-refractivity contribution < 1.29 is 19.1 Å². The van der Waals surface area contributed by atoms with Crippen LogP contribution in [0.25, 0.3) is 0 Å². The van der Waals surface area contributed by atoms with Gasteiger partial charge >= 0.3 is 0 Å². The predicted molar refractivity (Wildman–Crippen MR) is 66.1 cm³/mol. The van der Waals surface area contributed by atoms with Crippen molar-refractivity contribution in [2.24, 2.45) is 0 Å². The number of carbonyl (C=O) groups is 2. The van der Waals surface area contributed by atoms with Crippen molar-refractivity contribution in [3.8, 4) is 0 Å².